The molecule has 1 heterocycles. The highest BCUT2D eigenvalue weighted by atomic mass is 35.5. The highest BCUT2D eigenvalue weighted by Crippen LogP contribution is 2.48. The van der Waals surface area contributed by atoms with Crippen LogP contribution in [0.15, 0.2) is 162 Å². The van der Waals surface area contributed by atoms with Crippen LogP contribution >= 0.6 is 11.6 Å². The number of phenols is 2. The molecule has 0 fully saturated rings. The van der Waals surface area contributed by atoms with Crippen LogP contribution in [0.4, 0.5) is 56.9 Å². The second kappa shape index (κ2) is 26.7. The summed E-state index contributed by atoms with van der Waals surface area (Å²) in [5.41, 5.74) is -0.210. The quantitative estimate of drug-likeness (QED) is 0.0112. The molecule has 0 saturated heterocycles. The van der Waals surface area contributed by atoms with Crippen LogP contribution < -0.4 is 10.5 Å². The summed E-state index contributed by atoms with van der Waals surface area (Å²) in [6, 6.07) is 14.3. The maximum Gasteiger partial charge on any atom is 0.425 e. The first kappa shape index (κ1) is 68.9. The SMILES string of the molecule is Nc1c(N=Nc2ccc3c(O)c(N=Nc4cc(Cl)c(N=Nc5c(OC=O)nn(-c6ccc(S(=O)(=O)O)cc6)c5O)c(S(=O)(=O)O)c4)c(S(=O)(=O)O)cc3c2)cc(S(=O)(=O)O)c2ccc(N=Nc3ccc([N+](=O)[O-])cc3S(=O)(=O)O)c(O)c12.O=S(=O)=O.O=S(=O)=O. The number of nitrogens with zero attached hydrogens (tertiary/aromatic N) is 11. The molecule has 0 saturated carbocycles. The monoisotopic (exact) mass is 1410 g/mol. The van der Waals surface area contributed by atoms with Crippen LogP contribution in [0.2, 0.25) is 5.02 Å². The van der Waals surface area contributed by atoms with Gasteiger partial charge in [-0.3, -0.25) is 37.7 Å². The third-order valence-electron chi connectivity index (χ3n) is 10.9. The Balaban J connectivity index is 0.00000152. The average Bonchev–Trinajstić information content (AvgIpc) is 0.940. The van der Waals surface area contributed by atoms with Gasteiger partial charge >= 0.3 is 21.2 Å². The molecule has 0 radical (unpaired) electrons. The number of anilines is 1. The molecule has 0 aliphatic rings. The van der Waals surface area contributed by atoms with Crippen LogP contribution in [0.3, 0.4) is 0 Å². The Labute approximate surface area is 507 Å². The normalized spacial score (nSPS) is 12.3. The van der Waals surface area contributed by atoms with E-state index in [1.807, 2.05) is 0 Å². The van der Waals surface area contributed by atoms with Gasteiger partial charge in [0, 0.05) is 22.9 Å². The number of nitro groups is 1. The number of rotatable bonds is 17. The number of nitro benzene ring substituents is 1. The van der Waals surface area contributed by atoms with Crippen LogP contribution in [0, 0.1) is 10.1 Å². The minimum Gasteiger partial charge on any atom is -0.505 e. The average molecular weight is 1410 g/mol. The maximum absolute atomic E-state index is 12.8. The molecule has 90 heavy (non-hydrogen) atoms. The van der Waals surface area contributed by atoms with E-state index in [4.69, 9.17) is 47.3 Å². The number of ether oxygens (including phenoxy) is 1. The third kappa shape index (κ3) is 16.3. The molecule has 40 nitrogen and oxygen atoms in total. The fourth-order valence-electron chi connectivity index (χ4n) is 7.31. The van der Waals surface area contributed by atoms with Crippen LogP contribution in [-0.2, 0) is 76.6 Å². The summed E-state index contributed by atoms with van der Waals surface area (Å²) < 4.78 is 228. The minimum absolute atomic E-state index is 0.0965. The number of nitrogen functional groups attached to an aromatic ring is 1. The molecule has 0 aliphatic heterocycles. The second-order valence-corrected chi connectivity index (χ2v) is 24.7. The van der Waals surface area contributed by atoms with Crippen molar-refractivity contribution < 1.29 is 120 Å². The second-order valence-electron chi connectivity index (χ2n) is 16.5. The van der Waals surface area contributed by atoms with E-state index >= 15 is 0 Å². The molecule has 0 amide bonds. The number of benzene rings is 7. The zero-order valence-corrected chi connectivity index (χ0v) is 49.3. The predicted octanol–water partition coefficient (Wildman–Crippen LogP) is 6.86. The van der Waals surface area contributed by atoms with Gasteiger partial charge in [0.2, 0.25) is 11.6 Å². The lowest BCUT2D eigenvalue weighted by Crippen LogP contribution is -2.01. The highest BCUT2D eigenvalue weighted by Gasteiger charge is 2.28. The summed E-state index contributed by atoms with van der Waals surface area (Å²) in [4.78, 5) is 16.7. The first-order valence-corrected chi connectivity index (χ1v) is 31.8. The van der Waals surface area contributed by atoms with E-state index < -0.39 is 191 Å². The van der Waals surface area contributed by atoms with E-state index in [9.17, 15) is 95.1 Å². The Hall–Kier alpha value is -10.2. The number of halogens is 1. The van der Waals surface area contributed by atoms with Gasteiger partial charge in [0.05, 0.1) is 43.0 Å². The van der Waals surface area contributed by atoms with E-state index in [2.05, 4.69) is 46.0 Å². The van der Waals surface area contributed by atoms with Crippen molar-refractivity contribution in [2.45, 2.75) is 24.5 Å². The number of hydrogen-bond donors (Lipinski definition) is 9. The fraction of sp³-hybridized carbons (Fsp3) is 0. The summed E-state index contributed by atoms with van der Waals surface area (Å²) in [6.07, 6.45) is 0. The standard InChI is InChI=1S/C42H27ClN12O22S5.2O3S/c43-26-13-20(14-33(82(74,75)76)36(26)50-52-38-41(77-17-56)53-54(42(38)59)21-2-5-23(6-3-21)78(62,63)64)46-51-37-32(81(71,72)73)12-18-11-19(1-7-24(18)39(37)57)45-49-29-16-30(79(65,66)67)25-8-10-28(40(58)34(25)35(29)44)48-47-27-9-4-22(55(60)61)15-31(27)80(68,69)70;2*1-4(2)3/h1-17,57-59H,44H2,(H,62,63,64)(H,65,66,67)(H,68,69,70)(H,71,72,73)(H,74,75,76);;. The summed E-state index contributed by atoms with van der Waals surface area (Å²) in [7, 11) is -31.9. The molecule has 0 unspecified atom stereocenters. The summed E-state index contributed by atoms with van der Waals surface area (Å²) >= 11 is 6.33. The Morgan fingerprint density at radius 2 is 1.06 bits per heavy atom. The van der Waals surface area contributed by atoms with Crippen molar-refractivity contribution in [3.05, 3.63) is 112 Å². The van der Waals surface area contributed by atoms with Crippen LogP contribution in [0.5, 0.6) is 23.3 Å². The molecule has 7 aromatic carbocycles. The van der Waals surface area contributed by atoms with E-state index in [-0.39, 0.29) is 28.6 Å². The lowest BCUT2D eigenvalue weighted by Gasteiger charge is -2.12. The molecular formula is C42H27ClN12O28S7. The lowest BCUT2D eigenvalue weighted by atomic mass is 10.1. The number of non-ortho nitro benzene ring substituents is 1. The van der Waals surface area contributed by atoms with Crippen molar-refractivity contribution in [1.29, 1.82) is 0 Å². The van der Waals surface area contributed by atoms with Crippen molar-refractivity contribution in [2.75, 3.05) is 5.73 Å². The molecule has 8 rings (SSSR count). The van der Waals surface area contributed by atoms with E-state index in [0.29, 0.717) is 16.8 Å². The molecule has 0 atom stereocenters. The molecule has 0 bridgehead atoms. The number of fused-ring (bicyclic) bond motifs is 2. The van der Waals surface area contributed by atoms with Gasteiger partial charge in [-0.25, -0.2) is 0 Å². The summed E-state index contributed by atoms with van der Waals surface area (Å²) in [5, 5.41) is 76.4. The van der Waals surface area contributed by atoms with Gasteiger partial charge in [-0.2, -0.15) is 57.0 Å². The first-order chi connectivity index (χ1) is 41.6. The van der Waals surface area contributed by atoms with Crippen LogP contribution in [0.25, 0.3) is 27.2 Å². The van der Waals surface area contributed by atoms with Gasteiger partial charge in [-0.15, -0.1) is 61.0 Å². The number of hydrogen-bond acceptors (Lipinski definition) is 33. The van der Waals surface area contributed by atoms with Gasteiger partial charge in [0.25, 0.3) is 68.6 Å². The largest absolute Gasteiger partial charge is 0.505 e. The number of nitrogens with two attached hydrogens (primary N) is 1. The zero-order valence-electron chi connectivity index (χ0n) is 42.8. The smallest absolute Gasteiger partial charge is 0.425 e. The number of phenolic OH excluding ortho intramolecular Hbond substituents is 2. The number of aromatic nitrogens is 2. The summed E-state index contributed by atoms with van der Waals surface area (Å²) in [5.74, 6) is -3.63. The van der Waals surface area contributed by atoms with E-state index in [1.54, 1.807) is 0 Å². The van der Waals surface area contributed by atoms with Crippen molar-refractivity contribution in [2.24, 2.45) is 40.9 Å². The topological polar surface area (TPSA) is 647 Å². The first-order valence-electron chi connectivity index (χ1n) is 22.2. The number of carbonyl (C=O) groups excluding carboxylic acids is 1. The van der Waals surface area contributed by atoms with Crippen molar-refractivity contribution >= 4 is 168 Å². The van der Waals surface area contributed by atoms with Crippen molar-refractivity contribution in [3.8, 4) is 28.9 Å². The van der Waals surface area contributed by atoms with Gasteiger partial charge in [-0.1, -0.05) is 17.7 Å². The Bertz CT molecular complexity index is 5290. The van der Waals surface area contributed by atoms with Crippen LogP contribution in [0.1, 0.15) is 0 Å². The van der Waals surface area contributed by atoms with E-state index in [1.165, 1.54) is 0 Å². The maximum atomic E-state index is 12.8. The van der Waals surface area contributed by atoms with Gasteiger partial charge < -0.3 is 25.8 Å². The Morgan fingerprint density at radius 1 is 0.544 bits per heavy atom. The highest BCUT2D eigenvalue weighted by molar-refractivity contribution is 7.87. The molecule has 10 N–H and O–H groups in total. The number of aromatic hydroxyl groups is 3. The van der Waals surface area contributed by atoms with Gasteiger partial charge in [0.1, 0.15) is 48.0 Å². The van der Waals surface area contributed by atoms with Crippen molar-refractivity contribution in [3.63, 3.8) is 0 Å². The number of carbonyl (C=O) groups is 1. The Morgan fingerprint density at radius 3 is 1.61 bits per heavy atom. The van der Waals surface area contributed by atoms with E-state index in [0.717, 1.165) is 84.9 Å². The molecule has 48 heteroatoms. The van der Waals surface area contributed by atoms with Gasteiger partial charge in [-0.05, 0) is 84.2 Å². The third-order valence-corrected chi connectivity index (χ3v) is 15.6. The van der Waals surface area contributed by atoms with Crippen molar-refractivity contribution in [1.82, 2.24) is 9.78 Å². The molecular weight excluding hydrogens is 1380 g/mol. The lowest BCUT2D eigenvalue weighted by molar-refractivity contribution is -0.385. The minimum atomic E-state index is -5.37. The summed E-state index contributed by atoms with van der Waals surface area (Å²) in [6.45, 7) is -0.148. The predicted molar refractivity (Wildman–Crippen MR) is 297 cm³/mol. The zero-order chi connectivity index (χ0) is 67.3. The molecule has 8 aromatic rings. The molecule has 0 spiro atoms. The van der Waals surface area contributed by atoms with Gasteiger partial charge in [0.15, 0.2) is 11.5 Å². The fourth-order valence-corrected chi connectivity index (χ4v) is 10.8. The Kier molecular flexibility index (Phi) is 20.4. The molecule has 0 aliphatic carbocycles. The molecule has 472 valence electrons. The van der Waals surface area contributed by atoms with Crippen LogP contribution in [-0.4, -0.2) is 127 Å². The molecule has 1 aromatic heterocycles. The number of azo groups is 4.